The smallest absolute Gasteiger partial charge is 0.259 e. The van der Waals surface area contributed by atoms with Crippen molar-refractivity contribution in [1.29, 1.82) is 0 Å². The van der Waals surface area contributed by atoms with Crippen LogP contribution >= 0.6 is 0 Å². The quantitative estimate of drug-likeness (QED) is 0.705. The normalized spacial score (nSPS) is 10.1. The van der Waals surface area contributed by atoms with E-state index in [4.69, 9.17) is 5.73 Å². The van der Waals surface area contributed by atoms with Gasteiger partial charge in [0.05, 0.1) is 17.4 Å². The molecule has 0 saturated carbocycles. The second-order valence-electron chi connectivity index (χ2n) is 3.58. The number of carbonyl (C=O) groups is 1. The molecule has 6 heteroatoms. The Kier molecular flexibility index (Phi) is 3.09. The monoisotopic (exact) mass is 247 g/mol. The second kappa shape index (κ2) is 4.70. The van der Waals surface area contributed by atoms with Gasteiger partial charge in [-0.1, -0.05) is 0 Å². The first-order valence-corrected chi connectivity index (χ1v) is 5.07. The van der Waals surface area contributed by atoms with Gasteiger partial charge in [-0.15, -0.1) is 0 Å². The molecule has 0 radical (unpaired) electrons. The molecule has 0 saturated heterocycles. The maximum atomic E-state index is 13.2. The number of nitrogens with zero attached hydrogens (tertiary/aromatic N) is 1. The fourth-order valence-electron chi connectivity index (χ4n) is 1.38. The summed E-state index contributed by atoms with van der Waals surface area (Å²) in [7, 11) is 0. The van der Waals surface area contributed by atoms with Crippen molar-refractivity contribution in [2.45, 2.75) is 0 Å². The highest BCUT2D eigenvalue weighted by molar-refractivity contribution is 6.06. The number of nitrogens with one attached hydrogen (secondary N) is 1. The number of aromatic hydroxyl groups is 1. The minimum atomic E-state index is -0.619. The van der Waals surface area contributed by atoms with Crippen molar-refractivity contribution in [2.75, 3.05) is 11.1 Å². The molecule has 0 bridgehead atoms. The van der Waals surface area contributed by atoms with E-state index < -0.39 is 11.7 Å². The summed E-state index contributed by atoms with van der Waals surface area (Å²) in [6, 6.07) is 5.27. The van der Waals surface area contributed by atoms with Gasteiger partial charge in [-0.25, -0.2) is 4.39 Å². The van der Waals surface area contributed by atoms with Crippen LogP contribution in [0.1, 0.15) is 10.4 Å². The maximum absolute atomic E-state index is 13.2. The number of rotatable bonds is 2. The van der Waals surface area contributed by atoms with E-state index in [1.54, 1.807) is 0 Å². The molecule has 1 amide bonds. The van der Waals surface area contributed by atoms with Crippen LogP contribution < -0.4 is 11.1 Å². The lowest BCUT2D eigenvalue weighted by atomic mass is 10.2. The van der Waals surface area contributed by atoms with E-state index in [1.165, 1.54) is 24.4 Å². The van der Waals surface area contributed by atoms with Crippen LogP contribution in [0.3, 0.4) is 0 Å². The molecule has 18 heavy (non-hydrogen) atoms. The number of benzene rings is 1. The molecule has 0 aliphatic carbocycles. The van der Waals surface area contributed by atoms with Crippen LogP contribution in [-0.4, -0.2) is 16.0 Å². The zero-order valence-corrected chi connectivity index (χ0v) is 9.22. The molecule has 0 fully saturated rings. The van der Waals surface area contributed by atoms with Crippen molar-refractivity contribution in [2.24, 2.45) is 0 Å². The molecule has 2 aromatic rings. The molecule has 0 aliphatic rings. The van der Waals surface area contributed by atoms with Crippen molar-refractivity contribution < 1.29 is 14.3 Å². The van der Waals surface area contributed by atoms with Crippen molar-refractivity contribution in [3.8, 4) is 5.75 Å². The summed E-state index contributed by atoms with van der Waals surface area (Å²) in [5.41, 5.74) is 5.63. The first kappa shape index (κ1) is 11.8. The molecule has 5 nitrogen and oxygen atoms in total. The summed E-state index contributed by atoms with van der Waals surface area (Å²) in [4.78, 5) is 15.4. The van der Waals surface area contributed by atoms with Gasteiger partial charge < -0.3 is 16.2 Å². The first-order chi connectivity index (χ1) is 8.58. The summed E-state index contributed by atoms with van der Waals surface area (Å²) in [6.45, 7) is 0. The van der Waals surface area contributed by atoms with E-state index in [9.17, 15) is 14.3 Å². The summed E-state index contributed by atoms with van der Waals surface area (Å²) >= 11 is 0. The minimum Gasteiger partial charge on any atom is -0.505 e. The number of nitrogen functional groups attached to an aromatic ring is 1. The van der Waals surface area contributed by atoms with Crippen molar-refractivity contribution in [1.82, 2.24) is 4.98 Å². The number of hydrogen-bond acceptors (Lipinski definition) is 4. The average Bonchev–Trinajstić information content (AvgIpc) is 2.34. The highest BCUT2D eigenvalue weighted by Crippen LogP contribution is 2.19. The van der Waals surface area contributed by atoms with Gasteiger partial charge in [0.25, 0.3) is 5.91 Å². The van der Waals surface area contributed by atoms with E-state index in [1.807, 2.05) is 0 Å². The minimum absolute atomic E-state index is 0.000225. The number of carbonyl (C=O) groups excluding carboxylic acids is 1. The SMILES string of the molecule is Nc1ccc(NC(=O)c2ccncc2O)cc1F. The molecule has 0 atom stereocenters. The topological polar surface area (TPSA) is 88.2 Å². The Morgan fingerprint density at radius 2 is 2.17 bits per heavy atom. The zero-order chi connectivity index (χ0) is 13.1. The van der Waals surface area contributed by atoms with E-state index in [0.717, 1.165) is 12.3 Å². The van der Waals surface area contributed by atoms with Crippen molar-refractivity contribution >= 4 is 17.3 Å². The number of amides is 1. The molecular formula is C12H10FN3O2. The Hall–Kier alpha value is -2.63. The predicted octanol–water partition coefficient (Wildman–Crippen LogP) is 1.76. The lowest BCUT2D eigenvalue weighted by Gasteiger charge is -2.07. The lowest BCUT2D eigenvalue weighted by Crippen LogP contribution is -2.12. The number of anilines is 2. The van der Waals surface area contributed by atoms with E-state index in [-0.39, 0.29) is 22.7 Å². The Morgan fingerprint density at radius 1 is 1.39 bits per heavy atom. The predicted molar refractivity (Wildman–Crippen MR) is 64.7 cm³/mol. The van der Waals surface area contributed by atoms with E-state index >= 15 is 0 Å². The molecular weight excluding hydrogens is 237 g/mol. The van der Waals surface area contributed by atoms with Gasteiger partial charge in [0.15, 0.2) is 0 Å². The highest BCUT2D eigenvalue weighted by atomic mass is 19.1. The fraction of sp³-hybridized carbons (Fsp3) is 0. The van der Waals surface area contributed by atoms with Crippen LogP contribution in [0.4, 0.5) is 15.8 Å². The van der Waals surface area contributed by atoms with Gasteiger partial charge in [0.1, 0.15) is 11.6 Å². The third-order valence-corrected chi connectivity index (χ3v) is 2.30. The van der Waals surface area contributed by atoms with Gasteiger partial charge in [-0.2, -0.15) is 0 Å². The number of aromatic nitrogens is 1. The third-order valence-electron chi connectivity index (χ3n) is 2.30. The lowest BCUT2D eigenvalue weighted by molar-refractivity contribution is 0.102. The standard InChI is InChI=1S/C12H10FN3O2/c13-9-5-7(1-2-10(9)14)16-12(18)8-3-4-15-6-11(8)17/h1-6,17H,14H2,(H,16,18). The molecule has 4 N–H and O–H groups in total. The van der Waals surface area contributed by atoms with Gasteiger partial charge in [0, 0.05) is 11.9 Å². The summed E-state index contributed by atoms with van der Waals surface area (Å²) in [6.07, 6.45) is 2.52. The molecule has 1 aromatic carbocycles. The summed E-state index contributed by atoms with van der Waals surface area (Å²) in [5.74, 6) is -1.42. The Balaban J connectivity index is 2.22. The molecule has 92 valence electrons. The van der Waals surface area contributed by atoms with Crippen LogP contribution in [0.15, 0.2) is 36.7 Å². The maximum Gasteiger partial charge on any atom is 0.259 e. The number of nitrogens with two attached hydrogens (primary N) is 1. The van der Waals surface area contributed by atoms with E-state index in [0.29, 0.717) is 0 Å². The first-order valence-electron chi connectivity index (χ1n) is 5.07. The molecule has 2 rings (SSSR count). The molecule has 1 aromatic heterocycles. The number of pyridine rings is 1. The van der Waals surface area contributed by atoms with E-state index in [2.05, 4.69) is 10.3 Å². The van der Waals surface area contributed by atoms with Crippen LogP contribution in [-0.2, 0) is 0 Å². The average molecular weight is 247 g/mol. The zero-order valence-electron chi connectivity index (χ0n) is 9.22. The largest absolute Gasteiger partial charge is 0.505 e. The van der Waals surface area contributed by atoms with Crippen molar-refractivity contribution in [3.05, 3.63) is 48.0 Å². The van der Waals surface area contributed by atoms with Crippen LogP contribution in [0.25, 0.3) is 0 Å². The third kappa shape index (κ3) is 2.37. The summed E-state index contributed by atoms with van der Waals surface area (Å²) < 4.78 is 13.2. The Labute approximate surface area is 102 Å². The second-order valence-corrected chi connectivity index (χ2v) is 3.58. The molecule has 0 aliphatic heterocycles. The Morgan fingerprint density at radius 3 is 2.83 bits per heavy atom. The van der Waals surface area contributed by atoms with Gasteiger partial charge in [0.2, 0.25) is 0 Å². The van der Waals surface area contributed by atoms with Crippen LogP contribution in [0, 0.1) is 5.82 Å². The molecule has 0 unspecified atom stereocenters. The van der Waals surface area contributed by atoms with Gasteiger partial charge in [-0.05, 0) is 24.3 Å². The number of halogens is 1. The molecule has 1 heterocycles. The number of hydrogen-bond donors (Lipinski definition) is 3. The van der Waals surface area contributed by atoms with Crippen LogP contribution in [0.2, 0.25) is 0 Å². The fourth-order valence-corrected chi connectivity index (χ4v) is 1.38. The van der Waals surface area contributed by atoms with Gasteiger partial charge in [-0.3, -0.25) is 9.78 Å². The summed E-state index contributed by atoms with van der Waals surface area (Å²) in [5, 5.41) is 11.9. The van der Waals surface area contributed by atoms with Crippen molar-refractivity contribution in [3.63, 3.8) is 0 Å². The highest BCUT2D eigenvalue weighted by Gasteiger charge is 2.11. The van der Waals surface area contributed by atoms with Crippen LogP contribution in [0.5, 0.6) is 5.75 Å². The molecule has 0 spiro atoms. The Bertz CT molecular complexity index is 602. The van der Waals surface area contributed by atoms with Gasteiger partial charge >= 0.3 is 0 Å².